The number of H-pyrrole nitrogens is 1. The van der Waals surface area contributed by atoms with Crippen LogP contribution in [-0.4, -0.2) is 22.3 Å². The van der Waals surface area contributed by atoms with Crippen molar-refractivity contribution >= 4 is 23.5 Å². The second-order valence-corrected chi connectivity index (χ2v) is 5.40. The second kappa shape index (κ2) is 7.92. The fraction of sp³-hybridized carbons (Fsp3) is 0.105. The van der Waals surface area contributed by atoms with Gasteiger partial charge in [0.1, 0.15) is 5.82 Å². The van der Waals surface area contributed by atoms with Gasteiger partial charge in [-0.15, -0.1) is 0 Å². The SMILES string of the molecule is CC=N/C=C1/C=CC(c2ccccc2)=C(CC(=O)Nc2ccn[nH]2)N1. The molecule has 6 nitrogen and oxygen atoms in total. The fourth-order valence-electron chi connectivity index (χ4n) is 2.50. The first-order valence-corrected chi connectivity index (χ1v) is 7.97. The van der Waals surface area contributed by atoms with Gasteiger partial charge in [-0.25, -0.2) is 0 Å². The Bertz CT molecular complexity index is 845. The highest BCUT2D eigenvalue weighted by molar-refractivity contribution is 5.94. The molecule has 0 saturated carbocycles. The third-order valence-corrected chi connectivity index (χ3v) is 3.61. The Morgan fingerprint density at radius 3 is 2.80 bits per heavy atom. The van der Waals surface area contributed by atoms with E-state index in [2.05, 4.69) is 25.8 Å². The van der Waals surface area contributed by atoms with E-state index in [0.29, 0.717) is 5.82 Å². The van der Waals surface area contributed by atoms with Crippen molar-refractivity contribution in [1.29, 1.82) is 0 Å². The van der Waals surface area contributed by atoms with Gasteiger partial charge in [0.05, 0.1) is 18.3 Å². The van der Waals surface area contributed by atoms with Crippen molar-refractivity contribution in [2.75, 3.05) is 5.32 Å². The lowest BCUT2D eigenvalue weighted by Gasteiger charge is -2.20. The van der Waals surface area contributed by atoms with Crippen molar-refractivity contribution in [2.45, 2.75) is 13.3 Å². The molecule has 0 unspecified atom stereocenters. The molecule has 25 heavy (non-hydrogen) atoms. The Balaban J connectivity index is 1.86. The molecule has 1 amide bonds. The number of aromatic amines is 1. The van der Waals surface area contributed by atoms with Crippen molar-refractivity contribution in [3.8, 4) is 0 Å². The predicted octanol–water partition coefficient (Wildman–Crippen LogP) is 3.24. The van der Waals surface area contributed by atoms with Crippen molar-refractivity contribution in [1.82, 2.24) is 15.5 Å². The third kappa shape index (κ3) is 4.32. The molecule has 3 rings (SSSR count). The summed E-state index contributed by atoms with van der Waals surface area (Å²) in [6, 6.07) is 11.7. The molecule has 1 aromatic heterocycles. The molecule has 3 N–H and O–H groups in total. The van der Waals surface area contributed by atoms with Crippen molar-refractivity contribution < 1.29 is 4.79 Å². The summed E-state index contributed by atoms with van der Waals surface area (Å²) < 4.78 is 0. The number of hydrogen-bond donors (Lipinski definition) is 3. The predicted molar refractivity (Wildman–Crippen MR) is 99.7 cm³/mol. The molecule has 0 aliphatic carbocycles. The van der Waals surface area contributed by atoms with Gasteiger partial charge in [0.25, 0.3) is 0 Å². The van der Waals surface area contributed by atoms with E-state index in [1.54, 1.807) is 24.7 Å². The van der Waals surface area contributed by atoms with Crippen LogP contribution in [0.5, 0.6) is 0 Å². The summed E-state index contributed by atoms with van der Waals surface area (Å²) in [7, 11) is 0. The number of rotatable bonds is 5. The normalized spacial score (nSPS) is 15.6. The summed E-state index contributed by atoms with van der Waals surface area (Å²) in [4.78, 5) is 16.5. The monoisotopic (exact) mass is 333 g/mol. The highest BCUT2D eigenvalue weighted by Crippen LogP contribution is 2.26. The van der Waals surface area contributed by atoms with Crippen LogP contribution in [0.1, 0.15) is 18.9 Å². The van der Waals surface area contributed by atoms with Gasteiger partial charge in [-0.1, -0.05) is 36.4 Å². The molecule has 0 spiro atoms. The molecule has 1 aliphatic heterocycles. The number of aromatic nitrogens is 2. The minimum absolute atomic E-state index is 0.131. The molecule has 0 radical (unpaired) electrons. The molecule has 0 saturated heterocycles. The summed E-state index contributed by atoms with van der Waals surface area (Å²) >= 11 is 0. The number of carbonyl (C=O) groups excluding carboxylic acids is 1. The second-order valence-electron chi connectivity index (χ2n) is 5.40. The maximum Gasteiger partial charge on any atom is 0.231 e. The first kappa shape index (κ1) is 16.4. The Morgan fingerprint density at radius 2 is 2.08 bits per heavy atom. The number of aliphatic imine (C=N–C) groups is 1. The Kier molecular flexibility index (Phi) is 5.21. The van der Waals surface area contributed by atoms with E-state index in [0.717, 1.165) is 22.5 Å². The molecule has 2 heterocycles. The van der Waals surface area contributed by atoms with Crippen molar-refractivity contribution in [2.24, 2.45) is 4.99 Å². The van der Waals surface area contributed by atoms with Gasteiger partial charge in [-0.05, 0) is 18.6 Å². The number of nitrogens with zero attached hydrogens (tertiary/aromatic N) is 2. The van der Waals surface area contributed by atoms with Crippen LogP contribution in [0.15, 0.2) is 77.3 Å². The number of benzene rings is 1. The third-order valence-electron chi connectivity index (χ3n) is 3.61. The topological polar surface area (TPSA) is 82.2 Å². The van der Waals surface area contributed by atoms with E-state index in [4.69, 9.17) is 0 Å². The Labute approximate surface area is 146 Å². The Hall–Kier alpha value is -3.41. The lowest BCUT2D eigenvalue weighted by atomic mass is 9.98. The van der Waals surface area contributed by atoms with Crippen LogP contribution in [0.4, 0.5) is 5.82 Å². The average molecular weight is 333 g/mol. The molecule has 2 aromatic rings. The van der Waals surface area contributed by atoms with E-state index in [-0.39, 0.29) is 12.3 Å². The lowest BCUT2D eigenvalue weighted by molar-refractivity contribution is -0.115. The number of anilines is 1. The van der Waals surface area contributed by atoms with Crippen molar-refractivity contribution in [3.63, 3.8) is 0 Å². The number of allylic oxidation sites excluding steroid dienone is 3. The average Bonchev–Trinajstić information content (AvgIpc) is 3.13. The van der Waals surface area contributed by atoms with Gasteiger partial charge < -0.3 is 10.6 Å². The summed E-state index contributed by atoms with van der Waals surface area (Å²) in [6.07, 6.45) is 9.19. The van der Waals surface area contributed by atoms with Crippen molar-refractivity contribution in [3.05, 3.63) is 77.9 Å². The van der Waals surface area contributed by atoms with Gasteiger partial charge >= 0.3 is 0 Å². The minimum Gasteiger partial charge on any atom is -0.357 e. The maximum atomic E-state index is 12.4. The van der Waals surface area contributed by atoms with Gasteiger partial charge in [0.2, 0.25) is 5.91 Å². The maximum absolute atomic E-state index is 12.4. The quantitative estimate of drug-likeness (QED) is 0.735. The molecule has 126 valence electrons. The van der Waals surface area contributed by atoms with Crippen LogP contribution >= 0.6 is 0 Å². The molecule has 1 aromatic carbocycles. The van der Waals surface area contributed by atoms with E-state index in [1.807, 2.05) is 49.4 Å². The first-order chi connectivity index (χ1) is 12.3. The minimum atomic E-state index is -0.131. The number of hydrogen-bond acceptors (Lipinski definition) is 4. The first-order valence-electron chi connectivity index (χ1n) is 7.97. The van der Waals surface area contributed by atoms with Crippen LogP contribution in [0.3, 0.4) is 0 Å². The Morgan fingerprint density at radius 1 is 1.24 bits per heavy atom. The van der Waals surface area contributed by atoms with Gasteiger partial charge in [0, 0.05) is 29.8 Å². The number of carbonyl (C=O) groups is 1. The van der Waals surface area contributed by atoms with Crippen LogP contribution in [0, 0.1) is 0 Å². The highest BCUT2D eigenvalue weighted by atomic mass is 16.1. The van der Waals surface area contributed by atoms with Crippen LogP contribution < -0.4 is 10.6 Å². The standard InChI is InChI=1S/C19H19N5O/c1-2-20-13-15-8-9-16(14-6-4-3-5-7-14)17(22-15)12-19(25)23-18-10-11-21-24-18/h2-11,13,22H,12H2,1H3,(H2,21,23,24,25)/b15-13-,20-2?. The number of amides is 1. The number of dihydropyridines is 1. The van der Waals surface area contributed by atoms with E-state index in [1.165, 1.54) is 0 Å². The molecular formula is C19H19N5O. The summed E-state index contributed by atoms with van der Waals surface area (Å²) in [6.45, 7) is 1.85. The zero-order valence-electron chi connectivity index (χ0n) is 13.9. The van der Waals surface area contributed by atoms with Crippen LogP contribution in [0.25, 0.3) is 5.57 Å². The largest absolute Gasteiger partial charge is 0.357 e. The van der Waals surface area contributed by atoms with E-state index >= 15 is 0 Å². The van der Waals surface area contributed by atoms with Gasteiger partial charge in [0.15, 0.2) is 0 Å². The fourth-order valence-corrected chi connectivity index (χ4v) is 2.50. The number of nitrogens with one attached hydrogen (secondary N) is 3. The molecule has 6 heteroatoms. The van der Waals surface area contributed by atoms with E-state index < -0.39 is 0 Å². The van der Waals surface area contributed by atoms with Gasteiger partial charge in [-0.2, -0.15) is 5.10 Å². The molecular weight excluding hydrogens is 314 g/mol. The smallest absolute Gasteiger partial charge is 0.231 e. The molecule has 1 aliphatic rings. The summed E-state index contributed by atoms with van der Waals surface area (Å²) in [5, 5.41) is 12.6. The van der Waals surface area contributed by atoms with Gasteiger partial charge in [-0.3, -0.25) is 14.9 Å². The molecule has 0 atom stereocenters. The van der Waals surface area contributed by atoms with Crippen LogP contribution in [-0.2, 0) is 4.79 Å². The van der Waals surface area contributed by atoms with E-state index in [9.17, 15) is 4.79 Å². The zero-order valence-corrected chi connectivity index (χ0v) is 13.9. The highest BCUT2D eigenvalue weighted by Gasteiger charge is 2.16. The summed E-state index contributed by atoms with van der Waals surface area (Å²) in [5.74, 6) is 0.443. The lowest BCUT2D eigenvalue weighted by Crippen LogP contribution is -2.22. The van der Waals surface area contributed by atoms with Crippen LogP contribution in [0.2, 0.25) is 0 Å². The zero-order chi connectivity index (χ0) is 17.5. The molecule has 0 bridgehead atoms. The molecule has 0 fully saturated rings. The summed E-state index contributed by atoms with van der Waals surface area (Å²) in [5.41, 5.74) is 3.69.